The monoisotopic (exact) mass is 178 g/mol. The first kappa shape index (κ1) is 7.97. The van der Waals surface area contributed by atoms with E-state index in [0.29, 0.717) is 11.0 Å². The van der Waals surface area contributed by atoms with Crippen molar-refractivity contribution in [3.63, 3.8) is 0 Å². The van der Waals surface area contributed by atoms with Crippen LogP contribution < -0.4 is 5.56 Å². The minimum atomic E-state index is -0.142. The van der Waals surface area contributed by atoms with Crippen molar-refractivity contribution in [2.24, 2.45) is 0 Å². The van der Waals surface area contributed by atoms with Crippen LogP contribution in [0.5, 0.6) is 0 Å². The predicted molar refractivity (Wildman–Crippen MR) is 48.5 cm³/mol. The van der Waals surface area contributed by atoms with Gasteiger partial charge in [-0.15, -0.1) is 5.10 Å². The highest BCUT2D eigenvalue weighted by molar-refractivity contribution is 5.72. The van der Waals surface area contributed by atoms with Gasteiger partial charge in [0.05, 0.1) is 0 Å². The van der Waals surface area contributed by atoms with Crippen molar-refractivity contribution >= 4 is 11.0 Å². The van der Waals surface area contributed by atoms with Crippen LogP contribution in [0, 0.1) is 0 Å². The lowest BCUT2D eigenvalue weighted by atomic mass is 10.3. The fraction of sp³-hybridized carbons (Fsp3) is 0.375. The Kier molecular flexibility index (Phi) is 1.65. The van der Waals surface area contributed by atoms with E-state index in [2.05, 4.69) is 15.3 Å². The molecule has 2 heterocycles. The first-order chi connectivity index (χ1) is 6.20. The Bertz CT molecular complexity index is 482. The molecule has 0 bridgehead atoms. The van der Waals surface area contributed by atoms with Gasteiger partial charge in [-0.05, 0) is 19.9 Å². The van der Waals surface area contributed by atoms with Crippen LogP contribution >= 0.6 is 0 Å². The molecule has 0 atom stereocenters. The van der Waals surface area contributed by atoms with E-state index in [4.69, 9.17) is 0 Å². The number of nitrogens with zero attached hydrogens (tertiary/aromatic N) is 3. The van der Waals surface area contributed by atoms with E-state index < -0.39 is 0 Å². The molecule has 0 radical (unpaired) electrons. The van der Waals surface area contributed by atoms with Crippen LogP contribution in [0.15, 0.2) is 17.1 Å². The highest BCUT2D eigenvalue weighted by atomic mass is 16.1. The first-order valence-electron chi connectivity index (χ1n) is 4.12. The van der Waals surface area contributed by atoms with Crippen molar-refractivity contribution in [3.8, 4) is 0 Å². The van der Waals surface area contributed by atoms with Gasteiger partial charge in [-0.25, -0.2) is 4.68 Å². The number of H-pyrrole nitrogens is 1. The van der Waals surface area contributed by atoms with Crippen molar-refractivity contribution in [2.45, 2.75) is 19.9 Å². The molecule has 0 saturated heterocycles. The minimum absolute atomic E-state index is 0.142. The summed E-state index contributed by atoms with van der Waals surface area (Å²) in [7, 11) is 0. The van der Waals surface area contributed by atoms with Gasteiger partial charge in [-0.3, -0.25) is 4.79 Å². The zero-order chi connectivity index (χ0) is 9.42. The summed E-state index contributed by atoms with van der Waals surface area (Å²) < 4.78 is 1.62. The second-order valence-corrected chi connectivity index (χ2v) is 3.17. The molecular formula is C8H10N4O. The zero-order valence-electron chi connectivity index (χ0n) is 7.48. The standard InChI is InChI=1S/C8H10N4O/c1-5(2)12-7-6(10-11-12)3-4-9-8(7)13/h3-5H,1-2H3,(H,9,13). The van der Waals surface area contributed by atoms with Crippen LogP contribution in [0.2, 0.25) is 0 Å². The molecule has 0 fully saturated rings. The Morgan fingerprint density at radius 3 is 3.00 bits per heavy atom. The molecule has 0 aromatic carbocycles. The van der Waals surface area contributed by atoms with Gasteiger partial charge in [0.25, 0.3) is 5.56 Å². The van der Waals surface area contributed by atoms with Crippen LogP contribution in [0.25, 0.3) is 11.0 Å². The quantitative estimate of drug-likeness (QED) is 0.699. The molecule has 2 rings (SSSR count). The first-order valence-corrected chi connectivity index (χ1v) is 4.12. The molecule has 0 aliphatic heterocycles. The Balaban J connectivity index is 2.87. The molecule has 0 spiro atoms. The summed E-state index contributed by atoms with van der Waals surface area (Å²) in [6.07, 6.45) is 1.57. The minimum Gasteiger partial charge on any atom is -0.327 e. The Labute approximate surface area is 74.4 Å². The smallest absolute Gasteiger partial charge is 0.275 e. The second kappa shape index (κ2) is 2.69. The number of aromatic amines is 1. The maximum absolute atomic E-state index is 11.4. The van der Waals surface area contributed by atoms with E-state index in [1.54, 1.807) is 16.9 Å². The topological polar surface area (TPSA) is 63.6 Å². The van der Waals surface area contributed by atoms with E-state index >= 15 is 0 Å². The van der Waals surface area contributed by atoms with Gasteiger partial charge in [-0.2, -0.15) is 0 Å². The highest BCUT2D eigenvalue weighted by Gasteiger charge is 2.09. The molecule has 68 valence electrons. The average Bonchev–Trinajstić information content (AvgIpc) is 2.49. The molecule has 2 aromatic heterocycles. The van der Waals surface area contributed by atoms with Gasteiger partial charge < -0.3 is 4.98 Å². The summed E-state index contributed by atoms with van der Waals surface area (Å²) >= 11 is 0. The molecule has 0 aliphatic rings. The third-order valence-electron chi connectivity index (χ3n) is 1.88. The van der Waals surface area contributed by atoms with Gasteiger partial charge in [0.2, 0.25) is 0 Å². The number of fused-ring (bicyclic) bond motifs is 1. The molecular weight excluding hydrogens is 168 g/mol. The molecule has 0 amide bonds. The lowest BCUT2D eigenvalue weighted by Crippen LogP contribution is -2.12. The summed E-state index contributed by atoms with van der Waals surface area (Å²) in [4.78, 5) is 14.0. The van der Waals surface area contributed by atoms with Crippen LogP contribution in [0.3, 0.4) is 0 Å². The molecule has 1 N–H and O–H groups in total. The Hall–Kier alpha value is -1.65. The highest BCUT2D eigenvalue weighted by Crippen LogP contribution is 2.09. The van der Waals surface area contributed by atoms with E-state index in [1.807, 2.05) is 13.8 Å². The molecule has 2 aromatic rings. The van der Waals surface area contributed by atoms with E-state index in [-0.39, 0.29) is 11.6 Å². The SMILES string of the molecule is CC(C)n1nnc2cc[nH]c(=O)c21. The number of hydrogen-bond donors (Lipinski definition) is 1. The Morgan fingerprint density at radius 2 is 2.31 bits per heavy atom. The van der Waals surface area contributed by atoms with Gasteiger partial charge in [-0.1, -0.05) is 5.21 Å². The molecule has 0 unspecified atom stereocenters. The fourth-order valence-corrected chi connectivity index (χ4v) is 1.26. The van der Waals surface area contributed by atoms with Crippen molar-refractivity contribution in [2.75, 3.05) is 0 Å². The van der Waals surface area contributed by atoms with Gasteiger partial charge in [0.1, 0.15) is 5.52 Å². The third-order valence-corrected chi connectivity index (χ3v) is 1.88. The molecule has 13 heavy (non-hydrogen) atoms. The van der Waals surface area contributed by atoms with Crippen molar-refractivity contribution in [1.82, 2.24) is 20.0 Å². The molecule has 5 heteroatoms. The summed E-state index contributed by atoms with van der Waals surface area (Å²) in [5.74, 6) is 0. The van der Waals surface area contributed by atoms with Gasteiger partial charge in [0.15, 0.2) is 5.52 Å². The molecule has 0 aliphatic carbocycles. The van der Waals surface area contributed by atoms with Crippen molar-refractivity contribution in [3.05, 3.63) is 22.6 Å². The van der Waals surface area contributed by atoms with E-state index in [0.717, 1.165) is 0 Å². The third kappa shape index (κ3) is 1.12. The predicted octanol–water partition coefficient (Wildman–Crippen LogP) is 0.700. The normalized spacial score (nSPS) is 11.3. The van der Waals surface area contributed by atoms with E-state index in [1.165, 1.54) is 0 Å². The van der Waals surface area contributed by atoms with E-state index in [9.17, 15) is 4.79 Å². The average molecular weight is 178 g/mol. The lowest BCUT2D eigenvalue weighted by molar-refractivity contribution is 0.528. The maximum Gasteiger partial charge on any atom is 0.275 e. The summed E-state index contributed by atoms with van der Waals surface area (Å²) in [5.41, 5.74) is 1.03. The summed E-state index contributed by atoms with van der Waals surface area (Å²) in [5, 5.41) is 7.80. The summed E-state index contributed by atoms with van der Waals surface area (Å²) in [6, 6.07) is 1.89. The van der Waals surface area contributed by atoms with Crippen LogP contribution in [0.4, 0.5) is 0 Å². The number of aromatic nitrogens is 4. The summed E-state index contributed by atoms with van der Waals surface area (Å²) in [6.45, 7) is 3.92. The second-order valence-electron chi connectivity index (χ2n) is 3.17. The van der Waals surface area contributed by atoms with Gasteiger partial charge >= 0.3 is 0 Å². The zero-order valence-corrected chi connectivity index (χ0v) is 7.48. The molecule has 5 nitrogen and oxygen atoms in total. The number of hydrogen-bond acceptors (Lipinski definition) is 3. The number of rotatable bonds is 1. The Morgan fingerprint density at radius 1 is 1.54 bits per heavy atom. The number of pyridine rings is 1. The van der Waals surface area contributed by atoms with Crippen LogP contribution in [0.1, 0.15) is 19.9 Å². The lowest BCUT2D eigenvalue weighted by Gasteiger charge is -2.03. The van der Waals surface area contributed by atoms with Crippen molar-refractivity contribution < 1.29 is 0 Å². The number of nitrogens with one attached hydrogen (secondary N) is 1. The van der Waals surface area contributed by atoms with Gasteiger partial charge in [0, 0.05) is 12.2 Å². The van der Waals surface area contributed by atoms with Crippen molar-refractivity contribution in [1.29, 1.82) is 0 Å². The largest absolute Gasteiger partial charge is 0.327 e. The van der Waals surface area contributed by atoms with Crippen LogP contribution in [-0.2, 0) is 0 Å². The maximum atomic E-state index is 11.4. The fourth-order valence-electron chi connectivity index (χ4n) is 1.26. The van der Waals surface area contributed by atoms with Crippen LogP contribution in [-0.4, -0.2) is 20.0 Å². The molecule has 0 saturated carbocycles.